The van der Waals surface area contributed by atoms with E-state index < -0.39 is 0 Å². The van der Waals surface area contributed by atoms with Crippen LogP contribution in [0.5, 0.6) is 0 Å². The van der Waals surface area contributed by atoms with Gasteiger partial charge in [-0.1, -0.05) is 0 Å². The maximum atomic E-state index is 11.7. The molecule has 1 atom stereocenters. The summed E-state index contributed by atoms with van der Waals surface area (Å²) in [4.78, 5) is 15.6. The number of hydrogen-bond acceptors (Lipinski definition) is 4. The zero-order valence-corrected chi connectivity index (χ0v) is 12.1. The Morgan fingerprint density at radius 1 is 1.41 bits per heavy atom. The first-order valence-electron chi connectivity index (χ1n) is 5.83. The topological polar surface area (TPSA) is 47.3 Å². The standard InChI is InChI=1S/C12H23N3OS/c1-11(10-17-4)14(2)9-6-12(16)15(3)8-5-7-13/h11H,5-6,8-10H2,1-4H3. The Morgan fingerprint density at radius 3 is 2.59 bits per heavy atom. The van der Waals surface area contributed by atoms with Gasteiger partial charge in [-0.3, -0.25) is 4.79 Å². The SMILES string of the molecule is CSCC(C)N(C)CCC(=O)N(C)CCC#N. The Hall–Kier alpha value is -0.730. The van der Waals surface area contributed by atoms with Crippen LogP contribution in [0.4, 0.5) is 0 Å². The first kappa shape index (κ1) is 16.3. The van der Waals surface area contributed by atoms with Gasteiger partial charge in [-0.2, -0.15) is 17.0 Å². The van der Waals surface area contributed by atoms with Crippen LogP contribution in [0.15, 0.2) is 0 Å². The van der Waals surface area contributed by atoms with Crippen LogP contribution in [-0.4, -0.2) is 60.9 Å². The molecular weight excluding hydrogens is 234 g/mol. The fraction of sp³-hybridized carbons (Fsp3) is 0.833. The van der Waals surface area contributed by atoms with Gasteiger partial charge in [0.1, 0.15) is 0 Å². The Kier molecular flexibility index (Phi) is 8.92. The second-order valence-corrected chi connectivity index (χ2v) is 5.17. The van der Waals surface area contributed by atoms with Gasteiger partial charge in [-0.05, 0) is 20.2 Å². The largest absolute Gasteiger partial charge is 0.345 e. The summed E-state index contributed by atoms with van der Waals surface area (Å²) in [6.45, 7) is 3.47. The van der Waals surface area contributed by atoms with Crippen molar-refractivity contribution < 1.29 is 4.79 Å². The number of thioether (sulfide) groups is 1. The molecule has 0 aromatic heterocycles. The minimum Gasteiger partial charge on any atom is -0.345 e. The second-order valence-electron chi connectivity index (χ2n) is 4.26. The molecule has 1 amide bonds. The molecule has 17 heavy (non-hydrogen) atoms. The first-order valence-corrected chi connectivity index (χ1v) is 7.22. The Balaban J connectivity index is 3.86. The van der Waals surface area contributed by atoms with E-state index in [1.807, 2.05) is 24.9 Å². The van der Waals surface area contributed by atoms with Gasteiger partial charge in [0.15, 0.2) is 0 Å². The first-order chi connectivity index (χ1) is 8.02. The molecule has 0 fully saturated rings. The van der Waals surface area contributed by atoms with Gasteiger partial charge in [0, 0.05) is 38.4 Å². The summed E-state index contributed by atoms with van der Waals surface area (Å²) < 4.78 is 0. The van der Waals surface area contributed by atoms with E-state index >= 15 is 0 Å². The number of amides is 1. The molecular formula is C12H23N3OS. The molecule has 0 aliphatic rings. The minimum absolute atomic E-state index is 0.114. The average Bonchev–Trinajstić information content (AvgIpc) is 2.32. The number of rotatable bonds is 8. The smallest absolute Gasteiger partial charge is 0.223 e. The second kappa shape index (κ2) is 9.32. The number of nitrogens with zero attached hydrogens (tertiary/aromatic N) is 3. The van der Waals surface area contributed by atoms with E-state index in [-0.39, 0.29) is 5.91 Å². The Bertz CT molecular complexity index is 265. The molecule has 1 unspecified atom stereocenters. The van der Waals surface area contributed by atoms with Crippen molar-refractivity contribution in [1.82, 2.24) is 9.80 Å². The molecule has 0 heterocycles. The van der Waals surface area contributed by atoms with E-state index in [2.05, 4.69) is 18.1 Å². The lowest BCUT2D eigenvalue weighted by molar-refractivity contribution is -0.130. The van der Waals surface area contributed by atoms with E-state index in [9.17, 15) is 4.79 Å². The van der Waals surface area contributed by atoms with Crippen molar-refractivity contribution >= 4 is 17.7 Å². The molecule has 0 saturated carbocycles. The lowest BCUT2D eigenvalue weighted by Crippen LogP contribution is -2.36. The van der Waals surface area contributed by atoms with E-state index in [1.54, 1.807) is 11.9 Å². The third-order valence-corrected chi connectivity index (χ3v) is 3.64. The highest BCUT2D eigenvalue weighted by atomic mass is 32.2. The summed E-state index contributed by atoms with van der Waals surface area (Å²) >= 11 is 1.82. The zero-order valence-electron chi connectivity index (χ0n) is 11.3. The predicted octanol–water partition coefficient (Wildman–Crippen LogP) is 1.43. The van der Waals surface area contributed by atoms with Crippen LogP contribution in [0, 0.1) is 11.3 Å². The summed E-state index contributed by atoms with van der Waals surface area (Å²) in [6.07, 6.45) is 3.02. The minimum atomic E-state index is 0.114. The molecule has 0 rings (SSSR count). The van der Waals surface area contributed by atoms with Crippen molar-refractivity contribution in [3.8, 4) is 6.07 Å². The highest BCUT2D eigenvalue weighted by molar-refractivity contribution is 7.98. The van der Waals surface area contributed by atoms with Crippen LogP contribution in [0.1, 0.15) is 19.8 Å². The van der Waals surface area contributed by atoms with Crippen LogP contribution in [0.2, 0.25) is 0 Å². The van der Waals surface area contributed by atoms with Crippen molar-refractivity contribution in [2.75, 3.05) is 39.2 Å². The lowest BCUT2D eigenvalue weighted by atomic mass is 10.3. The number of carbonyl (C=O) groups is 1. The number of hydrogen-bond donors (Lipinski definition) is 0. The summed E-state index contributed by atoms with van der Waals surface area (Å²) in [5, 5.41) is 8.45. The Morgan fingerprint density at radius 2 is 2.06 bits per heavy atom. The van der Waals surface area contributed by atoms with Gasteiger partial charge in [0.25, 0.3) is 0 Å². The maximum Gasteiger partial charge on any atom is 0.223 e. The van der Waals surface area contributed by atoms with Gasteiger partial charge in [-0.15, -0.1) is 0 Å². The summed E-state index contributed by atoms with van der Waals surface area (Å²) in [5.74, 6) is 1.19. The van der Waals surface area contributed by atoms with Crippen molar-refractivity contribution in [2.45, 2.75) is 25.8 Å². The van der Waals surface area contributed by atoms with Crippen LogP contribution < -0.4 is 0 Å². The van der Waals surface area contributed by atoms with E-state index in [1.165, 1.54) is 0 Å². The fourth-order valence-corrected chi connectivity index (χ4v) is 2.13. The highest BCUT2D eigenvalue weighted by Crippen LogP contribution is 2.04. The zero-order chi connectivity index (χ0) is 13.3. The van der Waals surface area contributed by atoms with Gasteiger partial charge < -0.3 is 9.80 Å². The van der Waals surface area contributed by atoms with Crippen molar-refractivity contribution in [3.05, 3.63) is 0 Å². The molecule has 4 nitrogen and oxygen atoms in total. The van der Waals surface area contributed by atoms with Crippen molar-refractivity contribution in [1.29, 1.82) is 5.26 Å². The molecule has 0 N–H and O–H groups in total. The summed E-state index contributed by atoms with van der Waals surface area (Å²) in [6, 6.07) is 2.53. The number of carbonyl (C=O) groups excluding carboxylic acids is 1. The van der Waals surface area contributed by atoms with Crippen molar-refractivity contribution in [3.63, 3.8) is 0 Å². The normalized spacial score (nSPS) is 12.2. The van der Waals surface area contributed by atoms with E-state index in [0.29, 0.717) is 25.4 Å². The number of nitriles is 1. The van der Waals surface area contributed by atoms with E-state index in [4.69, 9.17) is 5.26 Å². The Labute approximate surface area is 109 Å². The van der Waals surface area contributed by atoms with Gasteiger partial charge in [-0.25, -0.2) is 0 Å². The van der Waals surface area contributed by atoms with Gasteiger partial charge in [0.05, 0.1) is 12.5 Å². The van der Waals surface area contributed by atoms with Gasteiger partial charge >= 0.3 is 0 Å². The summed E-state index contributed by atoms with van der Waals surface area (Å²) in [5.41, 5.74) is 0. The maximum absolute atomic E-state index is 11.7. The molecule has 0 aromatic carbocycles. The van der Waals surface area contributed by atoms with Crippen LogP contribution in [0.25, 0.3) is 0 Å². The average molecular weight is 257 g/mol. The molecule has 0 spiro atoms. The molecule has 0 bridgehead atoms. The lowest BCUT2D eigenvalue weighted by Gasteiger charge is -2.24. The summed E-state index contributed by atoms with van der Waals surface area (Å²) in [7, 11) is 3.80. The van der Waals surface area contributed by atoms with Crippen LogP contribution >= 0.6 is 11.8 Å². The molecule has 0 saturated heterocycles. The predicted molar refractivity (Wildman–Crippen MR) is 73.0 cm³/mol. The monoisotopic (exact) mass is 257 g/mol. The molecule has 0 aliphatic heterocycles. The quantitative estimate of drug-likeness (QED) is 0.660. The van der Waals surface area contributed by atoms with Crippen molar-refractivity contribution in [2.24, 2.45) is 0 Å². The van der Waals surface area contributed by atoms with Gasteiger partial charge in [0.2, 0.25) is 5.91 Å². The third kappa shape index (κ3) is 7.24. The molecule has 5 heteroatoms. The molecule has 0 aromatic rings. The molecule has 98 valence electrons. The fourth-order valence-electron chi connectivity index (χ4n) is 1.39. The van der Waals surface area contributed by atoms with E-state index in [0.717, 1.165) is 12.3 Å². The third-order valence-electron chi connectivity index (χ3n) is 2.82. The highest BCUT2D eigenvalue weighted by Gasteiger charge is 2.12. The molecule has 0 aliphatic carbocycles. The molecule has 0 radical (unpaired) electrons. The van der Waals surface area contributed by atoms with Crippen LogP contribution in [-0.2, 0) is 4.79 Å². The van der Waals surface area contributed by atoms with Crippen LogP contribution in [0.3, 0.4) is 0 Å².